The van der Waals surface area contributed by atoms with Gasteiger partial charge in [-0.1, -0.05) is 5.92 Å². The third-order valence-electron chi connectivity index (χ3n) is 1.67. The number of ether oxygens (including phenoxy) is 1. The fraction of sp³-hybridized carbons (Fsp3) is 0.273. The Morgan fingerprint density at radius 3 is 2.93 bits per heavy atom. The predicted octanol–water partition coefficient (Wildman–Crippen LogP) is 0.598. The van der Waals surface area contributed by atoms with Crippen molar-refractivity contribution in [1.82, 2.24) is 4.98 Å². The van der Waals surface area contributed by atoms with Gasteiger partial charge >= 0.3 is 5.97 Å². The largest absolute Gasteiger partial charge is 0.456 e. The molecule has 1 heterocycles. The van der Waals surface area contributed by atoms with E-state index in [1.165, 1.54) is 6.20 Å². The number of aromatic nitrogens is 1. The van der Waals surface area contributed by atoms with Crippen molar-refractivity contribution in [1.29, 1.82) is 0 Å². The van der Waals surface area contributed by atoms with E-state index in [2.05, 4.69) is 21.6 Å². The number of rotatable bonds is 1. The number of hydrogen-bond donors (Lipinski definition) is 1. The Bertz CT molecular complexity index is 477. The maximum absolute atomic E-state index is 11.0. The first-order valence-electron chi connectivity index (χ1n) is 4.51. The minimum Gasteiger partial charge on any atom is -0.456 e. The summed E-state index contributed by atoms with van der Waals surface area (Å²) in [5.41, 5.74) is 0.988. The first-order valence-corrected chi connectivity index (χ1v) is 4.51. The highest BCUT2D eigenvalue weighted by atomic mass is 16.5. The van der Waals surface area contributed by atoms with Gasteiger partial charge in [0.05, 0.1) is 6.61 Å². The van der Waals surface area contributed by atoms with Crippen LogP contribution in [0.4, 0.5) is 0 Å². The minimum absolute atomic E-state index is 0.156. The van der Waals surface area contributed by atoms with Crippen LogP contribution in [-0.4, -0.2) is 17.6 Å². The zero-order valence-corrected chi connectivity index (χ0v) is 8.59. The topological polar surface area (TPSA) is 59.2 Å². The van der Waals surface area contributed by atoms with Gasteiger partial charge in [0.25, 0.3) is 5.56 Å². The monoisotopic (exact) mass is 205 g/mol. The highest BCUT2D eigenvalue weighted by Gasteiger charge is 1.95. The summed E-state index contributed by atoms with van der Waals surface area (Å²) in [6, 6.07) is 1.62. The molecule has 1 N–H and O–H groups in total. The normalized spacial score (nSPS) is 8.93. The van der Waals surface area contributed by atoms with E-state index in [0.29, 0.717) is 17.7 Å². The minimum atomic E-state index is -0.568. The molecule has 4 heteroatoms. The van der Waals surface area contributed by atoms with E-state index in [-0.39, 0.29) is 5.56 Å². The molecule has 0 aromatic carbocycles. The summed E-state index contributed by atoms with van der Waals surface area (Å²) < 4.78 is 4.63. The molecule has 0 atom stereocenters. The van der Waals surface area contributed by atoms with Crippen LogP contribution in [0, 0.1) is 18.8 Å². The second-order valence-electron chi connectivity index (χ2n) is 2.87. The van der Waals surface area contributed by atoms with Crippen molar-refractivity contribution in [2.24, 2.45) is 0 Å². The summed E-state index contributed by atoms with van der Waals surface area (Å²) in [6.07, 6.45) is 1.46. The molecule has 0 saturated carbocycles. The Hall–Kier alpha value is -2.02. The van der Waals surface area contributed by atoms with Crippen LogP contribution in [0.25, 0.3) is 0 Å². The molecule has 0 spiro atoms. The molecule has 0 radical (unpaired) electrons. The van der Waals surface area contributed by atoms with Gasteiger partial charge in [0.15, 0.2) is 0 Å². The maximum Gasteiger partial charge on any atom is 0.384 e. The summed E-state index contributed by atoms with van der Waals surface area (Å²) >= 11 is 0. The highest BCUT2D eigenvalue weighted by Crippen LogP contribution is 1.94. The fourth-order valence-electron chi connectivity index (χ4n) is 0.960. The zero-order chi connectivity index (χ0) is 11.3. The van der Waals surface area contributed by atoms with Crippen molar-refractivity contribution in [2.45, 2.75) is 13.8 Å². The Morgan fingerprint density at radius 1 is 1.60 bits per heavy atom. The molecule has 0 amide bonds. The van der Waals surface area contributed by atoms with Crippen molar-refractivity contribution < 1.29 is 9.53 Å². The van der Waals surface area contributed by atoms with Gasteiger partial charge < -0.3 is 9.72 Å². The second-order valence-corrected chi connectivity index (χ2v) is 2.87. The Kier molecular flexibility index (Phi) is 3.69. The van der Waals surface area contributed by atoms with Gasteiger partial charge in [0, 0.05) is 23.2 Å². The van der Waals surface area contributed by atoms with Gasteiger partial charge in [0.1, 0.15) is 0 Å². The quantitative estimate of drug-likeness (QED) is 0.539. The molecule has 78 valence electrons. The lowest BCUT2D eigenvalue weighted by Gasteiger charge is -1.93. The standard InChI is InChI=1S/C11H11NO3/c1-3-15-10(13)5-4-9-6-8(2)11(14)12-7-9/h6-7H,3H2,1-2H3,(H,12,14). The van der Waals surface area contributed by atoms with Gasteiger partial charge in [-0.3, -0.25) is 4.79 Å². The maximum atomic E-state index is 11.0. The second kappa shape index (κ2) is 5.01. The van der Waals surface area contributed by atoms with Gasteiger partial charge in [0.2, 0.25) is 0 Å². The first kappa shape index (κ1) is 11.1. The first-order chi connectivity index (χ1) is 7.13. The van der Waals surface area contributed by atoms with Gasteiger partial charge in [-0.25, -0.2) is 4.79 Å². The number of carbonyl (C=O) groups is 1. The molecule has 0 aliphatic rings. The summed E-state index contributed by atoms with van der Waals surface area (Å²) in [6.45, 7) is 3.69. The third kappa shape index (κ3) is 3.31. The van der Waals surface area contributed by atoms with E-state index >= 15 is 0 Å². The molecule has 0 unspecified atom stereocenters. The highest BCUT2D eigenvalue weighted by molar-refractivity contribution is 5.89. The van der Waals surface area contributed by atoms with Crippen LogP contribution in [0.3, 0.4) is 0 Å². The average molecular weight is 205 g/mol. The van der Waals surface area contributed by atoms with Crippen LogP contribution >= 0.6 is 0 Å². The molecule has 0 bridgehead atoms. The lowest BCUT2D eigenvalue weighted by atomic mass is 10.2. The average Bonchev–Trinajstić information content (AvgIpc) is 2.20. The van der Waals surface area contributed by atoms with Crippen LogP contribution in [0.1, 0.15) is 18.1 Å². The molecular formula is C11H11NO3. The number of H-pyrrole nitrogens is 1. The van der Waals surface area contributed by atoms with Gasteiger partial charge in [-0.05, 0) is 19.9 Å². The van der Waals surface area contributed by atoms with E-state index in [1.54, 1.807) is 19.9 Å². The SMILES string of the molecule is CCOC(=O)C#Cc1c[nH]c(=O)c(C)c1. The van der Waals surface area contributed by atoms with Crippen LogP contribution in [0.15, 0.2) is 17.1 Å². The fourth-order valence-corrected chi connectivity index (χ4v) is 0.960. The molecular weight excluding hydrogens is 194 g/mol. The van der Waals surface area contributed by atoms with Gasteiger partial charge in [-0.2, -0.15) is 0 Å². The van der Waals surface area contributed by atoms with E-state index < -0.39 is 5.97 Å². The van der Waals surface area contributed by atoms with Crippen LogP contribution in [0.2, 0.25) is 0 Å². The van der Waals surface area contributed by atoms with Crippen molar-refractivity contribution >= 4 is 5.97 Å². The van der Waals surface area contributed by atoms with Crippen LogP contribution < -0.4 is 5.56 Å². The molecule has 4 nitrogen and oxygen atoms in total. The van der Waals surface area contributed by atoms with E-state index in [4.69, 9.17) is 0 Å². The Morgan fingerprint density at radius 2 is 2.33 bits per heavy atom. The summed E-state index contributed by atoms with van der Waals surface area (Å²) in [4.78, 5) is 24.4. The molecule has 1 aromatic rings. The number of aromatic amines is 1. The molecule has 1 aromatic heterocycles. The number of carbonyl (C=O) groups excluding carboxylic acids is 1. The van der Waals surface area contributed by atoms with Crippen LogP contribution in [0.5, 0.6) is 0 Å². The van der Waals surface area contributed by atoms with E-state index in [9.17, 15) is 9.59 Å². The Labute approximate surface area is 87.3 Å². The third-order valence-corrected chi connectivity index (χ3v) is 1.67. The Balaban J connectivity index is 2.85. The summed E-state index contributed by atoms with van der Waals surface area (Å²) in [7, 11) is 0. The molecule has 0 fully saturated rings. The number of nitrogens with one attached hydrogen (secondary N) is 1. The number of esters is 1. The molecule has 0 aliphatic carbocycles. The number of pyridine rings is 1. The molecule has 15 heavy (non-hydrogen) atoms. The number of aryl methyl sites for hydroxylation is 1. The molecule has 0 aliphatic heterocycles. The lowest BCUT2D eigenvalue weighted by molar-refractivity contribution is -0.136. The van der Waals surface area contributed by atoms with Crippen molar-refractivity contribution in [2.75, 3.05) is 6.61 Å². The smallest absolute Gasteiger partial charge is 0.384 e. The van der Waals surface area contributed by atoms with Crippen molar-refractivity contribution in [3.05, 3.63) is 33.7 Å². The molecule has 0 saturated heterocycles. The predicted molar refractivity (Wildman–Crippen MR) is 55.3 cm³/mol. The zero-order valence-electron chi connectivity index (χ0n) is 8.59. The lowest BCUT2D eigenvalue weighted by Crippen LogP contribution is -2.08. The van der Waals surface area contributed by atoms with E-state index in [1.807, 2.05) is 0 Å². The van der Waals surface area contributed by atoms with Gasteiger partial charge in [-0.15, -0.1) is 0 Å². The van der Waals surface area contributed by atoms with Crippen molar-refractivity contribution in [3.63, 3.8) is 0 Å². The summed E-state index contributed by atoms with van der Waals surface area (Å²) in [5.74, 6) is 4.35. The summed E-state index contributed by atoms with van der Waals surface area (Å²) in [5, 5.41) is 0. The van der Waals surface area contributed by atoms with E-state index in [0.717, 1.165) is 0 Å². The van der Waals surface area contributed by atoms with Crippen LogP contribution in [-0.2, 0) is 9.53 Å². The molecule has 1 rings (SSSR count). The number of hydrogen-bond acceptors (Lipinski definition) is 3. The van der Waals surface area contributed by atoms with Crippen molar-refractivity contribution in [3.8, 4) is 11.8 Å².